The Kier molecular flexibility index (Phi) is 6.17. The van der Waals surface area contributed by atoms with Crippen LogP contribution in [0, 0.1) is 0 Å². The average molecular weight is 380 g/mol. The number of carbonyl (C=O) groups is 2. The molecular weight excluding hydrogens is 360 g/mol. The van der Waals surface area contributed by atoms with Crippen molar-refractivity contribution in [1.82, 2.24) is 10.3 Å². The zero-order valence-corrected chi connectivity index (χ0v) is 15.6. The lowest BCUT2D eigenvalue weighted by molar-refractivity contribution is -0.121. The second kappa shape index (κ2) is 8.95. The number of urea groups is 1. The van der Waals surface area contributed by atoms with Gasteiger partial charge in [0, 0.05) is 11.1 Å². The van der Waals surface area contributed by atoms with E-state index in [1.165, 1.54) is 11.3 Å². The van der Waals surface area contributed by atoms with Crippen molar-refractivity contribution in [2.24, 2.45) is 0 Å². The van der Waals surface area contributed by atoms with E-state index in [0.717, 1.165) is 5.56 Å². The van der Waals surface area contributed by atoms with E-state index in [4.69, 9.17) is 0 Å². The van der Waals surface area contributed by atoms with Crippen molar-refractivity contribution in [2.75, 3.05) is 10.6 Å². The molecule has 1 aromatic heterocycles. The van der Waals surface area contributed by atoms with E-state index in [9.17, 15) is 9.59 Å². The lowest BCUT2D eigenvalue weighted by atomic mass is 10.1. The van der Waals surface area contributed by atoms with Crippen molar-refractivity contribution >= 4 is 34.1 Å². The number of aromatic nitrogens is 1. The fourth-order valence-corrected chi connectivity index (χ4v) is 3.21. The van der Waals surface area contributed by atoms with E-state index in [0.29, 0.717) is 16.5 Å². The molecule has 1 heterocycles. The SMILES string of the molecule is CC(NC(=O)Cc1csc(NC(=O)Nc2ccccc2)n1)c1ccccc1. The summed E-state index contributed by atoms with van der Waals surface area (Å²) in [6.45, 7) is 1.94. The fraction of sp³-hybridized carbons (Fsp3) is 0.150. The Hall–Kier alpha value is -3.19. The highest BCUT2D eigenvalue weighted by Gasteiger charge is 2.13. The highest BCUT2D eigenvalue weighted by Crippen LogP contribution is 2.17. The fourth-order valence-electron chi connectivity index (χ4n) is 2.51. The Labute approximate surface area is 161 Å². The van der Waals surface area contributed by atoms with Crippen LogP contribution in [0.5, 0.6) is 0 Å². The maximum Gasteiger partial charge on any atom is 0.325 e. The predicted molar refractivity (Wildman–Crippen MR) is 108 cm³/mol. The first-order valence-electron chi connectivity index (χ1n) is 8.52. The molecule has 0 saturated carbocycles. The summed E-state index contributed by atoms with van der Waals surface area (Å²) in [6.07, 6.45) is 0.162. The van der Waals surface area contributed by atoms with Crippen LogP contribution in [0.4, 0.5) is 15.6 Å². The summed E-state index contributed by atoms with van der Waals surface area (Å²) in [4.78, 5) is 28.5. The van der Waals surface area contributed by atoms with Gasteiger partial charge in [-0.1, -0.05) is 48.5 Å². The first kappa shape index (κ1) is 18.6. The highest BCUT2D eigenvalue weighted by atomic mass is 32.1. The number of benzene rings is 2. The number of thiazole rings is 1. The number of amides is 3. The Balaban J connectivity index is 1.50. The largest absolute Gasteiger partial charge is 0.349 e. The molecule has 7 heteroatoms. The number of anilines is 2. The molecule has 0 aliphatic carbocycles. The van der Waals surface area contributed by atoms with Gasteiger partial charge in [-0.15, -0.1) is 11.3 Å². The topological polar surface area (TPSA) is 83.1 Å². The molecule has 0 saturated heterocycles. The third-order valence-electron chi connectivity index (χ3n) is 3.82. The summed E-state index contributed by atoms with van der Waals surface area (Å²) < 4.78 is 0. The minimum absolute atomic E-state index is 0.0772. The Morgan fingerprint density at radius 2 is 1.67 bits per heavy atom. The summed E-state index contributed by atoms with van der Waals surface area (Å²) in [5.74, 6) is -0.114. The van der Waals surface area contributed by atoms with E-state index in [-0.39, 0.29) is 24.4 Å². The lowest BCUT2D eigenvalue weighted by Gasteiger charge is -2.13. The Morgan fingerprint density at radius 3 is 2.37 bits per heavy atom. The van der Waals surface area contributed by atoms with Gasteiger partial charge in [-0.05, 0) is 24.6 Å². The second-order valence-electron chi connectivity index (χ2n) is 5.97. The van der Waals surface area contributed by atoms with Gasteiger partial charge in [0.2, 0.25) is 5.91 Å². The van der Waals surface area contributed by atoms with Crippen molar-refractivity contribution in [1.29, 1.82) is 0 Å². The molecule has 0 fully saturated rings. The summed E-state index contributed by atoms with van der Waals surface area (Å²) in [5.41, 5.74) is 2.36. The van der Waals surface area contributed by atoms with Gasteiger partial charge < -0.3 is 10.6 Å². The minimum atomic E-state index is -0.371. The van der Waals surface area contributed by atoms with E-state index in [1.54, 1.807) is 17.5 Å². The summed E-state index contributed by atoms with van der Waals surface area (Å²) in [7, 11) is 0. The van der Waals surface area contributed by atoms with Crippen LogP contribution in [0.1, 0.15) is 24.2 Å². The molecule has 0 spiro atoms. The van der Waals surface area contributed by atoms with Crippen LogP contribution in [-0.4, -0.2) is 16.9 Å². The maximum atomic E-state index is 12.2. The van der Waals surface area contributed by atoms with Gasteiger partial charge in [0.05, 0.1) is 18.2 Å². The normalized spacial score (nSPS) is 11.4. The predicted octanol–water partition coefficient (Wildman–Crippen LogP) is 4.21. The van der Waals surface area contributed by atoms with Gasteiger partial charge in [-0.2, -0.15) is 0 Å². The molecule has 3 amide bonds. The van der Waals surface area contributed by atoms with Crippen LogP contribution in [0.3, 0.4) is 0 Å². The number of rotatable bonds is 6. The molecule has 0 aliphatic rings. The molecule has 0 aliphatic heterocycles. The van der Waals surface area contributed by atoms with Crippen LogP contribution in [0.25, 0.3) is 0 Å². The highest BCUT2D eigenvalue weighted by molar-refractivity contribution is 7.14. The molecule has 3 aromatic rings. The van der Waals surface area contributed by atoms with Crippen molar-refractivity contribution in [3.8, 4) is 0 Å². The van der Waals surface area contributed by atoms with Crippen LogP contribution in [-0.2, 0) is 11.2 Å². The molecule has 27 heavy (non-hydrogen) atoms. The van der Waals surface area contributed by atoms with E-state index >= 15 is 0 Å². The van der Waals surface area contributed by atoms with E-state index in [1.807, 2.05) is 55.5 Å². The van der Waals surface area contributed by atoms with Gasteiger partial charge >= 0.3 is 6.03 Å². The van der Waals surface area contributed by atoms with Crippen molar-refractivity contribution in [2.45, 2.75) is 19.4 Å². The molecule has 6 nitrogen and oxygen atoms in total. The monoisotopic (exact) mass is 380 g/mol. The molecule has 138 valence electrons. The third kappa shape index (κ3) is 5.65. The van der Waals surface area contributed by atoms with Gasteiger partial charge in [0.1, 0.15) is 0 Å². The zero-order chi connectivity index (χ0) is 19.1. The summed E-state index contributed by atoms with van der Waals surface area (Å²) in [5, 5.41) is 10.6. The van der Waals surface area contributed by atoms with Crippen molar-refractivity contribution in [3.63, 3.8) is 0 Å². The van der Waals surface area contributed by atoms with E-state index < -0.39 is 0 Å². The number of para-hydroxylation sites is 1. The molecule has 2 aromatic carbocycles. The Bertz CT molecular complexity index is 897. The lowest BCUT2D eigenvalue weighted by Crippen LogP contribution is -2.28. The van der Waals surface area contributed by atoms with Crippen LogP contribution < -0.4 is 16.0 Å². The first-order chi connectivity index (χ1) is 13.1. The summed E-state index contributed by atoms with van der Waals surface area (Å²) in [6, 6.07) is 18.5. The van der Waals surface area contributed by atoms with Gasteiger partial charge in [-0.3, -0.25) is 10.1 Å². The number of hydrogen-bond acceptors (Lipinski definition) is 4. The van der Waals surface area contributed by atoms with Crippen LogP contribution in [0.15, 0.2) is 66.0 Å². The van der Waals surface area contributed by atoms with Crippen LogP contribution in [0.2, 0.25) is 0 Å². The zero-order valence-electron chi connectivity index (χ0n) is 14.8. The van der Waals surface area contributed by atoms with Gasteiger partial charge in [0.25, 0.3) is 0 Å². The molecular formula is C20H20N4O2S. The number of carbonyl (C=O) groups excluding carboxylic acids is 2. The van der Waals surface area contributed by atoms with Crippen LogP contribution >= 0.6 is 11.3 Å². The van der Waals surface area contributed by atoms with Gasteiger partial charge in [-0.25, -0.2) is 9.78 Å². The molecule has 1 atom stereocenters. The standard InChI is InChI=1S/C20H20N4O2S/c1-14(15-8-4-2-5-9-15)21-18(25)12-17-13-27-20(23-17)24-19(26)22-16-10-6-3-7-11-16/h2-11,13-14H,12H2,1H3,(H,21,25)(H2,22,23,24,26). The average Bonchev–Trinajstić information content (AvgIpc) is 3.09. The quantitative estimate of drug-likeness (QED) is 0.599. The first-order valence-corrected chi connectivity index (χ1v) is 9.40. The minimum Gasteiger partial charge on any atom is -0.349 e. The molecule has 0 bridgehead atoms. The second-order valence-corrected chi connectivity index (χ2v) is 6.82. The maximum absolute atomic E-state index is 12.2. The van der Waals surface area contributed by atoms with Crippen molar-refractivity contribution in [3.05, 3.63) is 77.3 Å². The molecule has 3 N–H and O–H groups in total. The van der Waals surface area contributed by atoms with Crippen molar-refractivity contribution < 1.29 is 9.59 Å². The number of hydrogen-bond donors (Lipinski definition) is 3. The summed E-state index contributed by atoms with van der Waals surface area (Å²) >= 11 is 1.28. The number of nitrogens with one attached hydrogen (secondary N) is 3. The smallest absolute Gasteiger partial charge is 0.325 e. The molecule has 3 rings (SSSR count). The Morgan fingerprint density at radius 1 is 1.00 bits per heavy atom. The molecule has 0 radical (unpaired) electrons. The van der Waals surface area contributed by atoms with E-state index in [2.05, 4.69) is 20.9 Å². The van der Waals surface area contributed by atoms with Gasteiger partial charge in [0.15, 0.2) is 5.13 Å². The third-order valence-corrected chi connectivity index (χ3v) is 4.63. The molecule has 1 unspecified atom stereocenters. The number of nitrogens with zero attached hydrogens (tertiary/aromatic N) is 1.